The average molecular weight is 297 g/mol. The third-order valence-corrected chi connectivity index (χ3v) is 3.83. The second-order valence-electron chi connectivity index (χ2n) is 3.73. The molecule has 0 spiro atoms. The molecule has 0 amide bonds. The maximum Gasteiger partial charge on any atom is 0.290 e. The first-order valence-electron chi connectivity index (χ1n) is 5.42. The zero-order valence-corrected chi connectivity index (χ0v) is 11.1. The van der Waals surface area contributed by atoms with Gasteiger partial charge in [-0.25, -0.2) is 18.1 Å². The molecule has 0 aliphatic heterocycles. The van der Waals surface area contributed by atoms with Gasteiger partial charge in [-0.2, -0.15) is 0 Å². The number of benzene rings is 1. The molecule has 0 aliphatic rings. The largest absolute Gasteiger partial charge is 0.388 e. The molecule has 0 aliphatic carbocycles. The molecule has 2 aromatic rings. The molecule has 0 fully saturated rings. The summed E-state index contributed by atoms with van der Waals surface area (Å²) < 4.78 is 26.5. The van der Waals surface area contributed by atoms with Gasteiger partial charge in [0, 0.05) is 31.2 Å². The van der Waals surface area contributed by atoms with E-state index < -0.39 is 25.5 Å². The summed E-state index contributed by atoms with van der Waals surface area (Å²) in [5.74, 6) is -0.0193. The Bertz CT molecular complexity index is 726. The number of nitro benzene ring substituents is 1. The van der Waals surface area contributed by atoms with Gasteiger partial charge in [0.2, 0.25) is 5.95 Å². The molecule has 1 aromatic carbocycles. The first-order chi connectivity index (χ1) is 9.44. The summed E-state index contributed by atoms with van der Waals surface area (Å²) >= 11 is 0. The Kier molecular flexibility index (Phi) is 3.57. The van der Waals surface area contributed by atoms with Crippen LogP contribution in [0, 0.1) is 10.1 Å². The molecule has 1 heterocycles. The van der Waals surface area contributed by atoms with Crippen LogP contribution in [0.25, 0.3) is 0 Å². The molecule has 0 unspecified atom stereocenters. The minimum absolute atomic E-state index is 0.0193. The van der Waals surface area contributed by atoms with Crippen molar-refractivity contribution in [1.82, 2.24) is 9.97 Å². The van der Waals surface area contributed by atoms with Crippen molar-refractivity contribution in [2.45, 2.75) is 4.90 Å². The molecule has 0 radical (unpaired) electrons. The number of aromatic amines is 1. The quantitative estimate of drug-likeness (QED) is 0.560. The highest BCUT2D eigenvalue weighted by molar-refractivity contribution is 7.92. The van der Waals surface area contributed by atoms with Gasteiger partial charge in [-0.3, -0.25) is 10.1 Å². The predicted molar refractivity (Wildman–Crippen MR) is 72.0 cm³/mol. The molecule has 2 rings (SSSR count). The molecular formula is C10H11N5O4S. The second kappa shape index (κ2) is 5.17. The van der Waals surface area contributed by atoms with E-state index in [2.05, 4.69) is 20.0 Å². The zero-order chi connectivity index (χ0) is 14.8. The molecule has 10 heteroatoms. The summed E-state index contributed by atoms with van der Waals surface area (Å²) in [4.78, 5) is 16.0. The molecule has 0 atom stereocenters. The van der Waals surface area contributed by atoms with E-state index in [1.165, 1.54) is 24.5 Å². The highest BCUT2D eigenvalue weighted by Crippen LogP contribution is 2.27. The van der Waals surface area contributed by atoms with E-state index in [0.717, 1.165) is 6.07 Å². The number of sulfonamides is 1. The molecule has 106 valence electrons. The highest BCUT2D eigenvalue weighted by atomic mass is 32.2. The Morgan fingerprint density at radius 1 is 1.40 bits per heavy atom. The Labute approximate surface area is 114 Å². The van der Waals surface area contributed by atoms with Crippen molar-refractivity contribution in [3.05, 3.63) is 40.7 Å². The van der Waals surface area contributed by atoms with Crippen LogP contribution in [0.4, 0.5) is 17.3 Å². The van der Waals surface area contributed by atoms with E-state index in [9.17, 15) is 18.5 Å². The van der Waals surface area contributed by atoms with Crippen LogP contribution < -0.4 is 10.0 Å². The summed E-state index contributed by atoms with van der Waals surface area (Å²) in [7, 11) is -2.54. The molecule has 0 saturated heterocycles. The Hall–Kier alpha value is -2.62. The van der Waals surface area contributed by atoms with Crippen LogP contribution >= 0.6 is 0 Å². The van der Waals surface area contributed by atoms with Crippen LogP contribution in [0.5, 0.6) is 0 Å². The van der Waals surface area contributed by atoms with Crippen LogP contribution in [0.15, 0.2) is 35.5 Å². The fourth-order valence-electron chi connectivity index (χ4n) is 1.54. The molecule has 3 N–H and O–H groups in total. The summed E-state index contributed by atoms with van der Waals surface area (Å²) in [6.07, 6.45) is 2.78. The average Bonchev–Trinajstić information content (AvgIpc) is 2.90. The second-order valence-corrected chi connectivity index (χ2v) is 5.38. The smallest absolute Gasteiger partial charge is 0.290 e. The van der Waals surface area contributed by atoms with Crippen molar-refractivity contribution < 1.29 is 13.3 Å². The van der Waals surface area contributed by atoms with Crippen LogP contribution in [-0.4, -0.2) is 30.4 Å². The van der Waals surface area contributed by atoms with E-state index in [1.807, 2.05) is 0 Å². The summed E-state index contributed by atoms with van der Waals surface area (Å²) in [5, 5.41) is 13.7. The molecule has 20 heavy (non-hydrogen) atoms. The van der Waals surface area contributed by atoms with E-state index in [0.29, 0.717) is 5.69 Å². The standard InChI is InChI=1S/C10H11N5O4S/c1-11-7-2-3-8(15(16)17)9(6-7)20(18,19)14-10-12-4-5-13-10/h2-6,11H,1H3,(H2,12,13,14). The number of nitro groups is 1. The van der Waals surface area contributed by atoms with Gasteiger partial charge >= 0.3 is 0 Å². The topological polar surface area (TPSA) is 130 Å². The zero-order valence-electron chi connectivity index (χ0n) is 10.3. The number of nitrogens with zero attached hydrogens (tertiary/aromatic N) is 2. The lowest BCUT2D eigenvalue weighted by molar-refractivity contribution is -0.387. The molecule has 0 saturated carbocycles. The Morgan fingerprint density at radius 3 is 2.70 bits per heavy atom. The number of rotatable bonds is 5. The van der Waals surface area contributed by atoms with Crippen molar-refractivity contribution in [3.63, 3.8) is 0 Å². The van der Waals surface area contributed by atoms with Gasteiger partial charge in [0.25, 0.3) is 15.7 Å². The molecule has 9 nitrogen and oxygen atoms in total. The lowest BCUT2D eigenvalue weighted by atomic mass is 10.3. The van der Waals surface area contributed by atoms with Crippen molar-refractivity contribution in [2.24, 2.45) is 0 Å². The minimum atomic E-state index is -4.12. The maximum absolute atomic E-state index is 12.2. The number of hydrogen-bond donors (Lipinski definition) is 3. The minimum Gasteiger partial charge on any atom is -0.388 e. The normalized spacial score (nSPS) is 11.1. The van der Waals surface area contributed by atoms with Gasteiger partial charge in [-0.1, -0.05) is 0 Å². The van der Waals surface area contributed by atoms with Gasteiger partial charge in [0.15, 0.2) is 4.90 Å². The number of H-pyrrole nitrogens is 1. The highest BCUT2D eigenvalue weighted by Gasteiger charge is 2.26. The summed E-state index contributed by atoms with van der Waals surface area (Å²) in [6, 6.07) is 3.73. The van der Waals surface area contributed by atoms with Gasteiger partial charge < -0.3 is 10.3 Å². The van der Waals surface area contributed by atoms with E-state index >= 15 is 0 Å². The lowest BCUT2D eigenvalue weighted by Gasteiger charge is -2.08. The Morgan fingerprint density at radius 2 is 2.15 bits per heavy atom. The van der Waals surface area contributed by atoms with Crippen LogP contribution in [0.3, 0.4) is 0 Å². The number of imidazole rings is 1. The van der Waals surface area contributed by atoms with Gasteiger partial charge in [-0.15, -0.1) is 0 Å². The van der Waals surface area contributed by atoms with Crippen LogP contribution in [0.1, 0.15) is 0 Å². The molecule has 1 aromatic heterocycles. The van der Waals surface area contributed by atoms with Crippen molar-refractivity contribution in [3.8, 4) is 0 Å². The van der Waals surface area contributed by atoms with Gasteiger partial charge in [-0.05, 0) is 12.1 Å². The van der Waals surface area contributed by atoms with Crippen molar-refractivity contribution in [2.75, 3.05) is 17.1 Å². The van der Waals surface area contributed by atoms with Crippen LogP contribution in [0.2, 0.25) is 0 Å². The molecule has 0 bridgehead atoms. The first-order valence-corrected chi connectivity index (χ1v) is 6.91. The van der Waals surface area contributed by atoms with E-state index in [-0.39, 0.29) is 5.95 Å². The van der Waals surface area contributed by atoms with E-state index in [4.69, 9.17) is 0 Å². The Balaban J connectivity index is 2.51. The molecular weight excluding hydrogens is 286 g/mol. The lowest BCUT2D eigenvalue weighted by Crippen LogP contribution is -2.16. The van der Waals surface area contributed by atoms with Crippen molar-refractivity contribution in [1.29, 1.82) is 0 Å². The monoisotopic (exact) mass is 297 g/mol. The predicted octanol–water partition coefficient (Wildman–Crippen LogP) is 1.16. The van der Waals surface area contributed by atoms with Crippen LogP contribution in [-0.2, 0) is 10.0 Å². The number of aromatic nitrogens is 2. The fraction of sp³-hybridized carbons (Fsp3) is 0.100. The van der Waals surface area contributed by atoms with Gasteiger partial charge in [0.1, 0.15) is 0 Å². The summed E-state index contributed by atoms with van der Waals surface area (Å²) in [5.41, 5.74) is -0.0709. The third-order valence-electron chi connectivity index (χ3n) is 2.46. The number of nitrogens with one attached hydrogen (secondary N) is 3. The maximum atomic E-state index is 12.2. The number of anilines is 2. The van der Waals surface area contributed by atoms with Gasteiger partial charge in [0.05, 0.1) is 4.92 Å². The van der Waals surface area contributed by atoms with E-state index in [1.54, 1.807) is 7.05 Å². The van der Waals surface area contributed by atoms with Crippen molar-refractivity contribution >= 4 is 27.3 Å². The first kappa shape index (κ1) is 13.8. The summed E-state index contributed by atoms with van der Waals surface area (Å²) in [6.45, 7) is 0. The fourth-order valence-corrected chi connectivity index (χ4v) is 2.72. The number of hydrogen-bond acceptors (Lipinski definition) is 6. The SMILES string of the molecule is CNc1ccc([N+](=O)[O-])c(S(=O)(=O)Nc2ncc[nH]2)c1. The third kappa shape index (κ3) is 2.69.